The molecule has 0 amide bonds. The number of benzene rings is 1. The smallest absolute Gasteiger partial charge is 0.328 e. The topological polar surface area (TPSA) is 81.8 Å². The van der Waals surface area contributed by atoms with E-state index in [2.05, 4.69) is 0 Å². The van der Waals surface area contributed by atoms with E-state index in [1.807, 2.05) is 6.26 Å². The number of carboxylic acid groups (broad SMARTS) is 1. The van der Waals surface area contributed by atoms with E-state index in [9.17, 15) is 9.90 Å². The largest absolute Gasteiger partial charge is 0.493 e. The zero-order chi connectivity index (χ0) is 14.5. The first-order chi connectivity index (χ1) is 8.99. The van der Waals surface area contributed by atoms with Gasteiger partial charge in [0.25, 0.3) is 0 Å². The highest BCUT2D eigenvalue weighted by atomic mass is 32.2. The van der Waals surface area contributed by atoms with Crippen LogP contribution in [0.2, 0.25) is 0 Å². The van der Waals surface area contributed by atoms with Gasteiger partial charge in [0.1, 0.15) is 5.54 Å². The van der Waals surface area contributed by atoms with Gasteiger partial charge in [-0.3, -0.25) is 0 Å². The summed E-state index contributed by atoms with van der Waals surface area (Å²) in [5, 5.41) is 9.40. The molecule has 0 heterocycles. The molecule has 1 rings (SSSR count). The van der Waals surface area contributed by atoms with Crippen molar-refractivity contribution in [1.29, 1.82) is 0 Å². The van der Waals surface area contributed by atoms with Crippen LogP contribution in [-0.2, 0) is 10.3 Å². The maximum absolute atomic E-state index is 11.5. The van der Waals surface area contributed by atoms with Crippen LogP contribution >= 0.6 is 11.8 Å². The molecule has 0 aromatic heterocycles. The summed E-state index contributed by atoms with van der Waals surface area (Å²) in [5.41, 5.74) is 5.15. The number of hydrogen-bond acceptors (Lipinski definition) is 5. The van der Waals surface area contributed by atoms with Gasteiger partial charge in [0, 0.05) is 0 Å². The molecule has 3 N–H and O–H groups in total. The molecule has 0 radical (unpaired) electrons. The van der Waals surface area contributed by atoms with Crippen LogP contribution in [0.3, 0.4) is 0 Å². The van der Waals surface area contributed by atoms with E-state index in [1.54, 1.807) is 30.0 Å². The van der Waals surface area contributed by atoms with Gasteiger partial charge in [-0.1, -0.05) is 6.07 Å². The molecule has 0 aliphatic carbocycles. The molecule has 0 spiro atoms. The van der Waals surface area contributed by atoms with Crippen LogP contribution in [0, 0.1) is 0 Å². The minimum atomic E-state index is -1.41. The molecule has 1 unspecified atom stereocenters. The lowest BCUT2D eigenvalue weighted by Crippen LogP contribution is -2.45. The van der Waals surface area contributed by atoms with Gasteiger partial charge >= 0.3 is 5.97 Å². The molecular formula is C13H19NO4S. The molecule has 1 aromatic rings. The van der Waals surface area contributed by atoms with Crippen LogP contribution in [0.4, 0.5) is 0 Å². The van der Waals surface area contributed by atoms with Crippen LogP contribution in [0.25, 0.3) is 0 Å². The molecule has 0 saturated heterocycles. The second kappa shape index (κ2) is 6.68. The summed E-state index contributed by atoms with van der Waals surface area (Å²) in [6, 6.07) is 4.95. The Morgan fingerprint density at radius 1 is 1.37 bits per heavy atom. The second-order valence-electron chi connectivity index (χ2n) is 4.09. The highest BCUT2D eigenvalue weighted by molar-refractivity contribution is 7.98. The van der Waals surface area contributed by atoms with Crippen molar-refractivity contribution in [2.24, 2.45) is 5.73 Å². The maximum Gasteiger partial charge on any atom is 0.328 e. The van der Waals surface area contributed by atoms with E-state index in [-0.39, 0.29) is 0 Å². The average molecular weight is 285 g/mol. The number of carbonyl (C=O) groups is 1. The zero-order valence-corrected chi connectivity index (χ0v) is 12.1. The molecule has 1 atom stereocenters. The highest BCUT2D eigenvalue weighted by Gasteiger charge is 2.36. The Kier molecular flexibility index (Phi) is 5.50. The molecule has 0 fully saturated rings. The third-order valence-corrected chi connectivity index (χ3v) is 3.59. The standard InChI is InChI=1S/C13H19NO4S/c1-17-10-5-4-9(8-11(10)18-2)13(14,12(15)16)6-7-19-3/h4-5,8H,6-7,14H2,1-3H3,(H,15,16). The SMILES string of the molecule is COc1ccc(C(N)(CCSC)C(=O)O)cc1OC. The van der Waals surface area contributed by atoms with E-state index < -0.39 is 11.5 Å². The fourth-order valence-electron chi connectivity index (χ4n) is 1.75. The van der Waals surface area contributed by atoms with Gasteiger partial charge in [-0.2, -0.15) is 11.8 Å². The van der Waals surface area contributed by atoms with Gasteiger partial charge in [-0.05, 0) is 36.1 Å². The van der Waals surface area contributed by atoms with Gasteiger partial charge in [0.2, 0.25) is 0 Å². The van der Waals surface area contributed by atoms with Crippen LogP contribution in [0.5, 0.6) is 11.5 Å². The zero-order valence-electron chi connectivity index (χ0n) is 11.3. The van der Waals surface area contributed by atoms with E-state index in [4.69, 9.17) is 15.2 Å². The van der Waals surface area contributed by atoms with Crippen molar-refractivity contribution in [3.8, 4) is 11.5 Å². The third-order valence-electron chi connectivity index (χ3n) is 2.98. The summed E-state index contributed by atoms with van der Waals surface area (Å²) in [7, 11) is 3.03. The van der Waals surface area contributed by atoms with Gasteiger partial charge in [-0.15, -0.1) is 0 Å². The Morgan fingerprint density at radius 2 is 2.00 bits per heavy atom. The molecule has 0 saturated carbocycles. The monoisotopic (exact) mass is 285 g/mol. The number of rotatable bonds is 7. The van der Waals surface area contributed by atoms with Crippen molar-refractivity contribution >= 4 is 17.7 Å². The molecule has 19 heavy (non-hydrogen) atoms. The lowest BCUT2D eigenvalue weighted by Gasteiger charge is -2.25. The maximum atomic E-state index is 11.5. The van der Waals surface area contributed by atoms with Gasteiger partial charge in [0.05, 0.1) is 14.2 Å². The molecule has 0 aliphatic heterocycles. The van der Waals surface area contributed by atoms with E-state index in [1.165, 1.54) is 14.2 Å². The lowest BCUT2D eigenvalue weighted by molar-refractivity contribution is -0.143. The number of methoxy groups -OCH3 is 2. The summed E-state index contributed by atoms with van der Waals surface area (Å²) >= 11 is 1.56. The number of nitrogens with two attached hydrogens (primary N) is 1. The van der Waals surface area contributed by atoms with Gasteiger partial charge in [0.15, 0.2) is 11.5 Å². The predicted octanol–water partition coefficient (Wildman–Crippen LogP) is 1.70. The number of hydrogen-bond donors (Lipinski definition) is 2. The quantitative estimate of drug-likeness (QED) is 0.793. The Morgan fingerprint density at radius 3 is 2.47 bits per heavy atom. The number of carboxylic acids is 1. The predicted molar refractivity (Wildman–Crippen MR) is 76.0 cm³/mol. The van der Waals surface area contributed by atoms with Crippen molar-refractivity contribution in [3.63, 3.8) is 0 Å². The van der Waals surface area contributed by atoms with E-state index >= 15 is 0 Å². The fourth-order valence-corrected chi connectivity index (χ4v) is 2.28. The van der Waals surface area contributed by atoms with Crippen molar-refractivity contribution in [3.05, 3.63) is 23.8 Å². The third kappa shape index (κ3) is 3.33. The molecule has 5 nitrogen and oxygen atoms in total. The van der Waals surface area contributed by atoms with Crippen molar-refractivity contribution in [2.75, 3.05) is 26.2 Å². The first kappa shape index (κ1) is 15.7. The molecule has 1 aromatic carbocycles. The van der Waals surface area contributed by atoms with Crippen LogP contribution in [-0.4, -0.2) is 37.3 Å². The summed E-state index contributed by atoms with van der Waals surface area (Å²) in [6.45, 7) is 0. The summed E-state index contributed by atoms with van der Waals surface area (Å²) in [5.74, 6) is 0.634. The first-order valence-corrected chi connectivity index (χ1v) is 7.12. The number of aliphatic carboxylic acids is 1. The van der Waals surface area contributed by atoms with Gasteiger partial charge in [-0.25, -0.2) is 4.79 Å². The van der Waals surface area contributed by atoms with Crippen LogP contribution < -0.4 is 15.2 Å². The minimum absolute atomic E-state index is 0.346. The first-order valence-electron chi connectivity index (χ1n) is 5.73. The van der Waals surface area contributed by atoms with Crippen molar-refractivity contribution in [2.45, 2.75) is 12.0 Å². The van der Waals surface area contributed by atoms with Gasteiger partial charge < -0.3 is 20.3 Å². The Bertz CT molecular complexity index is 452. The fraction of sp³-hybridized carbons (Fsp3) is 0.462. The second-order valence-corrected chi connectivity index (χ2v) is 5.07. The summed E-state index contributed by atoms with van der Waals surface area (Å²) in [6.07, 6.45) is 2.26. The lowest BCUT2D eigenvalue weighted by atomic mass is 9.88. The Labute approximate surface area is 117 Å². The normalized spacial score (nSPS) is 13.7. The molecule has 0 aliphatic rings. The number of thioether (sulfide) groups is 1. The van der Waals surface area contributed by atoms with E-state index in [0.29, 0.717) is 29.2 Å². The summed E-state index contributed by atoms with van der Waals surface area (Å²) in [4.78, 5) is 11.5. The molecule has 6 heteroatoms. The number of ether oxygens (including phenoxy) is 2. The van der Waals surface area contributed by atoms with E-state index in [0.717, 1.165) is 0 Å². The van der Waals surface area contributed by atoms with Crippen LogP contribution in [0.15, 0.2) is 18.2 Å². The van der Waals surface area contributed by atoms with Crippen LogP contribution in [0.1, 0.15) is 12.0 Å². The summed E-state index contributed by atoms with van der Waals surface area (Å²) < 4.78 is 10.3. The minimum Gasteiger partial charge on any atom is -0.493 e. The molecule has 106 valence electrons. The molecule has 0 bridgehead atoms. The Balaban J connectivity index is 3.20. The highest BCUT2D eigenvalue weighted by Crippen LogP contribution is 2.33. The average Bonchev–Trinajstić information content (AvgIpc) is 2.43. The molecular weight excluding hydrogens is 266 g/mol. The Hall–Kier alpha value is -1.40. The van der Waals surface area contributed by atoms with Crippen molar-refractivity contribution in [1.82, 2.24) is 0 Å². The van der Waals surface area contributed by atoms with Crippen molar-refractivity contribution < 1.29 is 19.4 Å².